The molecule has 2 aromatic rings. The van der Waals surface area contributed by atoms with E-state index in [1.165, 1.54) is 23.5 Å². The maximum atomic E-state index is 13.0. The topological polar surface area (TPSA) is 33.2 Å². The zero-order valence-electron chi connectivity index (χ0n) is 13.0. The molecule has 1 heterocycles. The fourth-order valence-corrected chi connectivity index (χ4v) is 3.04. The van der Waals surface area contributed by atoms with Crippen molar-refractivity contribution in [2.45, 2.75) is 39.7 Å². The fourth-order valence-electron chi connectivity index (χ4n) is 2.27. The lowest BCUT2D eigenvalue weighted by atomic mass is 10.1. The highest BCUT2D eigenvalue weighted by Gasteiger charge is 2.19. The molecule has 5 heteroatoms. The van der Waals surface area contributed by atoms with Gasteiger partial charge in [0.05, 0.1) is 11.2 Å². The number of aryl methyl sites for hydroxylation is 1. The lowest BCUT2D eigenvalue weighted by molar-refractivity contribution is 0.0744. The lowest BCUT2D eigenvalue weighted by Gasteiger charge is -2.22. The number of carbonyl (C=O) groups excluding carboxylic acids is 1. The molecular weight excluding hydrogens is 299 g/mol. The minimum Gasteiger partial charge on any atom is -0.334 e. The molecule has 0 aliphatic carbocycles. The van der Waals surface area contributed by atoms with Gasteiger partial charge in [-0.3, -0.25) is 4.79 Å². The molecule has 0 saturated carbocycles. The van der Waals surface area contributed by atoms with E-state index < -0.39 is 0 Å². The quantitative estimate of drug-likeness (QED) is 0.707. The zero-order valence-corrected chi connectivity index (χ0v) is 13.8. The summed E-state index contributed by atoms with van der Waals surface area (Å²) in [6.07, 6.45) is 3.17. The number of benzene rings is 1. The summed E-state index contributed by atoms with van der Waals surface area (Å²) in [4.78, 5) is 19.4. The summed E-state index contributed by atoms with van der Waals surface area (Å²) >= 11 is 1.38. The average molecular weight is 320 g/mol. The van der Waals surface area contributed by atoms with E-state index in [1.807, 2.05) is 11.8 Å². The number of hydrogen-bond donors (Lipinski definition) is 0. The predicted octanol–water partition coefficient (Wildman–Crippen LogP) is 4.42. The first-order valence-electron chi connectivity index (χ1n) is 7.55. The molecule has 0 aliphatic rings. The Hall–Kier alpha value is -1.75. The molecule has 0 saturated heterocycles. The molecule has 2 rings (SSSR count). The van der Waals surface area contributed by atoms with Gasteiger partial charge in [-0.1, -0.05) is 31.9 Å². The molecule has 3 nitrogen and oxygen atoms in total. The maximum absolute atomic E-state index is 13.0. The van der Waals surface area contributed by atoms with Crippen LogP contribution in [0, 0.1) is 12.7 Å². The molecule has 0 unspecified atom stereocenters. The van der Waals surface area contributed by atoms with Crippen LogP contribution in [0.4, 0.5) is 4.39 Å². The predicted molar refractivity (Wildman–Crippen MR) is 87.5 cm³/mol. The molecule has 0 bridgehead atoms. The first kappa shape index (κ1) is 16.6. The first-order chi connectivity index (χ1) is 10.6. The molecule has 1 aromatic carbocycles. The van der Waals surface area contributed by atoms with Gasteiger partial charge in [0.25, 0.3) is 5.91 Å². The van der Waals surface area contributed by atoms with E-state index in [0.29, 0.717) is 18.0 Å². The largest absolute Gasteiger partial charge is 0.334 e. The van der Waals surface area contributed by atoms with Gasteiger partial charge in [0.15, 0.2) is 0 Å². The van der Waals surface area contributed by atoms with Gasteiger partial charge in [-0.25, -0.2) is 9.37 Å². The van der Waals surface area contributed by atoms with Crippen molar-refractivity contribution in [2.24, 2.45) is 0 Å². The van der Waals surface area contributed by atoms with Crippen LogP contribution in [-0.4, -0.2) is 22.3 Å². The number of rotatable bonds is 7. The van der Waals surface area contributed by atoms with E-state index in [2.05, 4.69) is 11.9 Å². The summed E-state index contributed by atoms with van der Waals surface area (Å²) in [5.74, 6) is -0.244. The van der Waals surface area contributed by atoms with Crippen molar-refractivity contribution >= 4 is 17.2 Å². The molecule has 0 spiro atoms. The Bertz CT molecular complexity index is 609. The van der Waals surface area contributed by atoms with Gasteiger partial charge >= 0.3 is 0 Å². The molecule has 0 atom stereocenters. The van der Waals surface area contributed by atoms with Gasteiger partial charge < -0.3 is 4.90 Å². The van der Waals surface area contributed by atoms with E-state index in [1.54, 1.807) is 17.6 Å². The smallest absolute Gasteiger partial charge is 0.266 e. The standard InChI is InChI=1S/C17H21FN2OS/c1-3-4-5-10-20(11-14-6-8-15(18)9-7-14)17(21)16-13(2)19-12-22-16/h6-9,12H,3-5,10-11H2,1-2H3. The molecule has 1 aromatic heterocycles. The Morgan fingerprint density at radius 3 is 2.59 bits per heavy atom. The lowest BCUT2D eigenvalue weighted by Crippen LogP contribution is -2.31. The second-order valence-corrected chi connectivity index (χ2v) is 6.18. The van der Waals surface area contributed by atoms with Gasteiger partial charge in [0.2, 0.25) is 0 Å². The number of amides is 1. The van der Waals surface area contributed by atoms with Crippen LogP contribution in [0.25, 0.3) is 0 Å². The molecule has 0 aliphatic heterocycles. The average Bonchev–Trinajstić information content (AvgIpc) is 2.94. The van der Waals surface area contributed by atoms with Crippen LogP contribution in [0.5, 0.6) is 0 Å². The number of thiazole rings is 1. The van der Waals surface area contributed by atoms with Crippen molar-refractivity contribution in [3.63, 3.8) is 0 Å². The molecule has 0 radical (unpaired) electrons. The molecule has 118 valence electrons. The monoisotopic (exact) mass is 320 g/mol. The van der Waals surface area contributed by atoms with Crippen LogP contribution >= 0.6 is 11.3 Å². The SMILES string of the molecule is CCCCCN(Cc1ccc(F)cc1)C(=O)c1scnc1C. The Kier molecular flexibility index (Phi) is 6.07. The molecule has 0 N–H and O–H groups in total. The van der Waals surface area contributed by atoms with Crippen molar-refractivity contribution in [1.82, 2.24) is 9.88 Å². The summed E-state index contributed by atoms with van der Waals surface area (Å²) in [6.45, 7) is 5.20. The highest BCUT2D eigenvalue weighted by Crippen LogP contribution is 2.18. The van der Waals surface area contributed by atoms with Crippen molar-refractivity contribution in [3.8, 4) is 0 Å². The number of carbonyl (C=O) groups is 1. The number of unbranched alkanes of at least 4 members (excludes halogenated alkanes) is 2. The van der Waals surface area contributed by atoms with Crippen molar-refractivity contribution < 1.29 is 9.18 Å². The summed E-state index contributed by atoms with van der Waals surface area (Å²) in [6, 6.07) is 6.33. The maximum Gasteiger partial charge on any atom is 0.266 e. The van der Waals surface area contributed by atoms with Gasteiger partial charge in [-0.2, -0.15) is 0 Å². The molecule has 22 heavy (non-hydrogen) atoms. The highest BCUT2D eigenvalue weighted by molar-refractivity contribution is 7.11. The number of aromatic nitrogens is 1. The van der Waals surface area contributed by atoms with Crippen LogP contribution in [0.3, 0.4) is 0 Å². The zero-order chi connectivity index (χ0) is 15.9. The van der Waals surface area contributed by atoms with Crippen LogP contribution < -0.4 is 0 Å². The Labute approximate surface area is 134 Å². The van der Waals surface area contributed by atoms with E-state index in [9.17, 15) is 9.18 Å². The van der Waals surface area contributed by atoms with Crippen molar-refractivity contribution in [3.05, 3.63) is 51.7 Å². The van der Waals surface area contributed by atoms with Crippen LogP contribution in [0.2, 0.25) is 0 Å². The van der Waals surface area contributed by atoms with Crippen LogP contribution in [0.15, 0.2) is 29.8 Å². The molecule has 0 fully saturated rings. The fraction of sp³-hybridized carbons (Fsp3) is 0.412. The van der Waals surface area contributed by atoms with Gasteiger partial charge in [0.1, 0.15) is 10.7 Å². The molecule has 1 amide bonds. The summed E-state index contributed by atoms with van der Waals surface area (Å²) in [5.41, 5.74) is 3.41. The number of halogens is 1. The second-order valence-electron chi connectivity index (χ2n) is 5.33. The van der Waals surface area contributed by atoms with E-state index in [0.717, 1.165) is 30.5 Å². The van der Waals surface area contributed by atoms with E-state index in [-0.39, 0.29) is 11.7 Å². The van der Waals surface area contributed by atoms with E-state index >= 15 is 0 Å². The Morgan fingerprint density at radius 1 is 1.27 bits per heavy atom. The third-order valence-corrected chi connectivity index (χ3v) is 4.46. The van der Waals surface area contributed by atoms with Crippen LogP contribution in [-0.2, 0) is 6.54 Å². The van der Waals surface area contributed by atoms with Gasteiger partial charge in [-0.05, 0) is 31.0 Å². The normalized spacial score (nSPS) is 10.7. The third-order valence-electron chi connectivity index (χ3n) is 3.55. The minimum absolute atomic E-state index is 0.0143. The van der Waals surface area contributed by atoms with Crippen molar-refractivity contribution in [2.75, 3.05) is 6.54 Å². The second kappa shape index (κ2) is 8.03. The molecular formula is C17H21FN2OS. The minimum atomic E-state index is -0.258. The summed E-state index contributed by atoms with van der Waals surface area (Å²) in [7, 11) is 0. The van der Waals surface area contributed by atoms with Gasteiger partial charge in [-0.15, -0.1) is 11.3 Å². The third kappa shape index (κ3) is 4.37. The highest BCUT2D eigenvalue weighted by atomic mass is 32.1. The Morgan fingerprint density at radius 2 is 2.00 bits per heavy atom. The number of nitrogens with zero attached hydrogens (tertiary/aromatic N) is 2. The van der Waals surface area contributed by atoms with Crippen LogP contribution in [0.1, 0.15) is 47.1 Å². The van der Waals surface area contributed by atoms with Gasteiger partial charge in [0, 0.05) is 13.1 Å². The summed E-state index contributed by atoms with van der Waals surface area (Å²) < 4.78 is 13.0. The van der Waals surface area contributed by atoms with Crippen molar-refractivity contribution in [1.29, 1.82) is 0 Å². The summed E-state index contributed by atoms with van der Waals surface area (Å²) in [5, 5.41) is 0. The Balaban J connectivity index is 2.13. The van der Waals surface area contributed by atoms with E-state index in [4.69, 9.17) is 0 Å². The number of hydrogen-bond acceptors (Lipinski definition) is 3. The first-order valence-corrected chi connectivity index (χ1v) is 8.43.